The molecule has 2 heteroatoms. The standard InChI is InChI=1S/C10H19BrO/c1-2-3-9-12-10-7-5-4-6-8-11/h2-3H,4-10H2,1H3. The maximum atomic E-state index is 5.36. The van der Waals surface area contributed by atoms with Crippen molar-refractivity contribution in [2.75, 3.05) is 18.5 Å². The van der Waals surface area contributed by atoms with Gasteiger partial charge in [-0.1, -0.05) is 40.9 Å². The summed E-state index contributed by atoms with van der Waals surface area (Å²) in [4.78, 5) is 0. The van der Waals surface area contributed by atoms with Gasteiger partial charge in [-0.25, -0.2) is 0 Å². The smallest absolute Gasteiger partial charge is 0.0647 e. The van der Waals surface area contributed by atoms with Gasteiger partial charge in [-0.2, -0.15) is 0 Å². The summed E-state index contributed by atoms with van der Waals surface area (Å²) in [5, 5.41) is 1.13. The summed E-state index contributed by atoms with van der Waals surface area (Å²) in [5.74, 6) is 0. The summed E-state index contributed by atoms with van der Waals surface area (Å²) in [5.41, 5.74) is 0. The Balaban J connectivity index is 2.81. The highest BCUT2D eigenvalue weighted by atomic mass is 79.9. The van der Waals surface area contributed by atoms with Gasteiger partial charge in [-0.3, -0.25) is 0 Å². The van der Waals surface area contributed by atoms with Gasteiger partial charge in [0.2, 0.25) is 0 Å². The van der Waals surface area contributed by atoms with Crippen molar-refractivity contribution in [3.05, 3.63) is 12.2 Å². The molecule has 0 aromatic carbocycles. The molecule has 12 heavy (non-hydrogen) atoms. The van der Waals surface area contributed by atoms with Gasteiger partial charge in [0.05, 0.1) is 6.61 Å². The fourth-order valence-corrected chi connectivity index (χ4v) is 1.30. The lowest BCUT2D eigenvalue weighted by Gasteiger charge is -2.00. The predicted octanol–water partition coefficient (Wildman–Crippen LogP) is 3.53. The molecular weight excluding hydrogens is 216 g/mol. The number of ether oxygens (including phenoxy) is 1. The molecule has 0 aromatic heterocycles. The Kier molecular flexibility index (Phi) is 11.3. The Bertz CT molecular complexity index is 102. The van der Waals surface area contributed by atoms with Gasteiger partial charge >= 0.3 is 0 Å². The molecule has 0 unspecified atom stereocenters. The minimum Gasteiger partial charge on any atom is -0.377 e. The van der Waals surface area contributed by atoms with E-state index in [9.17, 15) is 0 Å². The van der Waals surface area contributed by atoms with E-state index in [0.29, 0.717) is 0 Å². The lowest BCUT2D eigenvalue weighted by atomic mass is 10.2. The molecule has 0 fully saturated rings. The van der Waals surface area contributed by atoms with Crippen LogP contribution in [-0.2, 0) is 4.74 Å². The van der Waals surface area contributed by atoms with Crippen molar-refractivity contribution in [3.63, 3.8) is 0 Å². The van der Waals surface area contributed by atoms with E-state index in [2.05, 4.69) is 15.9 Å². The predicted molar refractivity (Wildman–Crippen MR) is 57.9 cm³/mol. The van der Waals surface area contributed by atoms with E-state index >= 15 is 0 Å². The third-order valence-electron chi connectivity index (χ3n) is 1.62. The summed E-state index contributed by atoms with van der Waals surface area (Å²) in [6.45, 7) is 3.70. The molecule has 0 rings (SSSR count). The molecule has 0 atom stereocenters. The van der Waals surface area contributed by atoms with Crippen molar-refractivity contribution in [2.24, 2.45) is 0 Å². The number of halogens is 1. The summed E-state index contributed by atoms with van der Waals surface area (Å²) in [6, 6.07) is 0. The number of hydrogen-bond donors (Lipinski definition) is 0. The number of alkyl halides is 1. The molecule has 0 amide bonds. The first-order valence-electron chi connectivity index (χ1n) is 4.66. The lowest BCUT2D eigenvalue weighted by Crippen LogP contribution is -1.94. The molecule has 0 heterocycles. The molecule has 0 aliphatic rings. The zero-order valence-corrected chi connectivity index (χ0v) is 9.48. The van der Waals surface area contributed by atoms with E-state index in [1.807, 2.05) is 19.1 Å². The van der Waals surface area contributed by atoms with E-state index in [0.717, 1.165) is 18.5 Å². The van der Waals surface area contributed by atoms with E-state index in [1.165, 1.54) is 25.7 Å². The first-order chi connectivity index (χ1) is 5.91. The third-order valence-corrected chi connectivity index (χ3v) is 2.18. The Morgan fingerprint density at radius 3 is 2.58 bits per heavy atom. The SMILES string of the molecule is CC=CCOCCCCCCBr. The van der Waals surface area contributed by atoms with Crippen molar-refractivity contribution in [1.82, 2.24) is 0 Å². The molecule has 0 saturated heterocycles. The van der Waals surface area contributed by atoms with Crippen LogP contribution in [0.5, 0.6) is 0 Å². The van der Waals surface area contributed by atoms with Crippen LogP contribution in [0.1, 0.15) is 32.6 Å². The Hall–Kier alpha value is 0.180. The average molecular weight is 235 g/mol. The van der Waals surface area contributed by atoms with Crippen LogP contribution >= 0.6 is 15.9 Å². The lowest BCUT2D eigenvalue weighted by molar-refractivity contribution is 0.157. The molecule has 0 radical (unpaired) electrons. The number of rotatable bonds is 8. The molecule has 0 aliphatic carbocycles. The summed E-state index contributed by atoms with van der Waals surface area (Å²) >= 11 is 3.41. The van der Waals surface area contributed by atoms with Crippen molar-refractivity contribution >= 4 is 15.9 Å². The van der Waals surface area contributed by atoms with Gasteiger partial charge in [-0.05, 0) is 19.8 Å². The fraction of sp³-hybridized carbons (Fsp3) is 0.800. The fourth-order valence-electron chi connectivity index (χ4n) is 0.900. The van der Waals surface area contributed by atoms with Crippen molar-refractivity contribution in [1.29, 1.82) is 0 Å². The first-order valence-corrected chi connectivity index (χ1v) is 5.79. The van der Waals surface area contributed by atoms with E-state index < -0.39 is 0 Å². The second-order valence-corrected chi connectivity index (χ2v) is 3.54. The van der Waals surface area contributed by atoms with Gasteiger partial charge in [0.15, 0.2) is 0 Å². The maximum absolute atomic E-state index is 5.36. The van der Waals surface area contributed by atoms with Gasteiger partial charge in [-0.15, -0.1) is 0 Å². The van der Waals surface area contributed by atoms with Gasteiger partial charge in [0, 0.05) is 11.9 Å². The number of allylic oxidation sites excluding steroid dienone is 1. The molecule has 0 spiro atoms. The van der Waals surface area contributed by atoms with Crippen LogP contribution in [0.2, 0.25) is 0 Å². The van der Waals surface area contributed by atoms with Crippen LogP contribution in [0.25, 0.3) is 0 Å². The normalized spacial score (nSPS) is 11.2. The Morgan fingerprint density at radius 2 is 1.92 bits per heavy atom. The summed E-state index contributed by atoms with van der Waals surface area (Å²) in [7, 11) is 0. The van der Waals surface area contributed by atoms with E-state index in [-0.39, 0.29) is 0 Å². The highest BCUT2D eigenvalue weighted by molar-refractivity contribution is 9.09. The summed E-state index contributed by atoms with van der Waals surface area (Å²) in [6.07, 6.45) is 9.16. The minimum absolute atomic E-state index is 0.773. The second kappa shape index (κ2) is 11.2. The van der Waals surface area contributed by atoms with Crippen LogP contribution in [0.4, 0.5) is 0 Å². The van der Waals surface area contributed by atoms with Gasteiger partial charge in [0.25, 0.3) is 0 Å². The largest absolute Gasteiger partial charge is 0.377 e. The zero-order valence-electron chi connectivity index (χ0n) is 7.89. The van der Waals surface area contributed by atoms with Crippen LogP contribution in [0.15, 0.2) is 12.2 Å². The quantitative estimate of drug-likeness (QED) is 0.355. The Morgan fingerprint density at radius 1 is 1.17 bits per heavy atom. The van der Waals surface area contributed by atoms with Crippen LogP contribution in [0, 0.1) is 0 Å². The first kappa shape index (κ1) is 12.2. The van der Waals surface area contributed by atoms with Gasteiger partial charge < -0.3 is 4.74 Å². The highest BCUT2D eigenvalue weighted by Gasteiger charge is 1.88. The Labute approximate surface area is 84.3 Å². The monoisotopic (exact) mass is 234 g/mol. The topological polar surface area (TPSA) is 9.23 Å². The molecule has 0 bridgehead atoms. The highest BCUT2D eigenvalue weighted by Crippen LogP contribution is 2.01. The molecule has 0 aromatic rings. The third kappa shape index (κ3) is 10.2. The summed E-state index contributed by atoms with van der Waals surface area (Å²) < 4.78 is 5.36. The van der Waals surface area contributed by atoms with Gasteiger partial charge in [0.1, 0.15) is 0 Å². The average Bonchev–Trinajstić information content (AvgIpc) is 2.10. The van der Waals surface area contributed by atoms with Crippen LogP contribution in [-0.4, -0.2) is 18.5 Å². The van der Waals surface area contributed by atoms with Crippen LogP contribution < -0.4 is 0 Å². The molecular formula is C10H19BrO. The molecule has 1 nitrogen and oxygen atoms in total. The molecule has 0 N–H and O–H groups in total. The molecule has 72 valence electrons. The zero-order chi connectivity index (χ0) is 9.07. The minimum atomic E-state index is 0.773. The molecule has 0 saturated carbocycles. The van der Waals surface area contributed by atoms with Crippen molar-refractivity contribution in [3.8, 4) is 0 Å². The van der Waals surface area contributed by atoms with Crippen molar-refractivity contribution < 1.29 is 4.74 Å². The van der Waals surface area contributed by atoms with Crippen molar-refractivity contribution in [2.45, 2.75) is 32.6 Å². The molecule has 0 aliphatic heterocycles. The van der Waals surface area contributed by atoms with E-state index in [4.69, 9.17) is 4.74 Å². The maximum Gasteiger partial charge on any atom is 0.0647 e. The van der Waals surface area contributed by atoms with Crippen LogP contribution in [0.3, 0.4) is 0 Å². The number of hydrogen-bond acceptors (Lipinski definition) is 1. The second-order valence-electron chi connectivity index (χ2n) is 2.75. The van der Waals surface area contributed by atoms with E-state index in [1.54, 1.807) is 0 Å². The number of unbranched alkanes of at least 4 members (excludes halogenated alkanes) is 3.